The summed E-state index contributed by atoms with van der Waals surface area (Å²) in [5.74, 6) is 1.04. The van der Waals surface area contributed by atoms with Crippen molar-refractivity contribution in [3.8, 4) is 0 Å². The lowest BCUT2D eigenvalue weighted by Gasteiger charge is -2.03. The second kappa shape index (κ2) is 3.88. The average molecular weight is 166 g/mol. The molecular formula is C11H18O. The second-order valence-electron chi connectivity index (χ2n) is 3.96. The van der Waals surface area contributed by atoms with E-state index in [2.05, 4.69) is 6.92 Å². The molecule has 0 heterocycles. The molecule has 0 aromatic rings. The van der Waals surface area contributed by atoms with Crippen LogP contribution in [0.25, 0.3) is 0 Å². The molecule has 68 valence electrons. The molecule has 0 bridgehead atoms. The van der Waals surface area contributed by atoms with Crippen molar-refractivity contribution in [2.45, 2.75) is 46.5 Å². The van der Waals surface area contributed by atoms with E-state index in [4.69, 9.17) is 0 Å². The zero-order valence-corrected chi connectivity index (χ0v) is 8.31. The molecule has 1 aliphatic rings. The molecule has 0 N–H and O–H groups in total. The van der Waals surface area contributed by atoms with Gasteiger partial charge in [-0.1, -0.05) is 18.9 Å². The van der Waals surface area contributed by atoms with E-state index >= 15 is 0 Å². The van der Waals surface area contributed by atoms with Gasteiger partial charge in [-0.15, -0.1) is 0 Å². The van der Waals surface area contributed by atoms with E-state index in [0.29, 0.717) is 11.7 Å². The van der Waals surface area contributed by atoms with Crippen LogP contribution in [-0.2, 0) is 4.79 Å². The van der Waals surface area contributed by atoms with Crippen LogP contribution in [0.5, 0.6) is 0 Å². The topological polar surface area (TPSA) is 17.1 Å². The van der Waals surface area contributed by atoms with Gasteiger partial charge in [0, 0.05) is 6.42 Å². The maximum Gasteiger partial charge on any atom is 0.159 e. The van der Waals surface area contributed by atoms with Gasteiger partial charge in [0.15, 0.2) is 5.78 Å². The van der Waals surface area contributed by atoms with E-state index in [-0.39, 0.29) is 0 Å². The van der Waals surface area contributed by atoms with Crippen molar-refractivity contribution in [1.82, 2.24) is 0 Å². The summed E-state index contributed by atoms with van der Waals surface area (Å²) >= 11 is 0. The molecule has 1 aliphatic carbocycles. The van der Waals surface area contributed by atoms with E-state index < -0.39 is 0 Å². The molecule has 0 amide bonds. The highest BCUT2D eigenvalue weighted by Crippen LogP contribution is 2.32. The lowest BCUT2D eigenvalue weighted by molar-refractivity contribution is -0.114. The summed E-state index contributed by atoms with van der Waals surface area (Å²) in [6.45, 7) is 6.27. The van der Waals surface area contributed by atoms with Gasteiger partial charge in [-0.25, -0.2) is 0 Å². The highest BCUT2D eigenvalue weighted by Gasteiger charge is 2.26. The maximum absolute atomic E-state index is 11.4. The molecule has 0 saturated heterocycles. The van der Waals surface area contributed by atoms with Crippen LogP contribution in [0.4, 0.5) is 0 Å². The Hall–Kier alpha value is -0.590. The van der Waals surface area contributed by atoms with Crippen molar-refractivity contribution in [3.05, 3.63) is 11.1 Å². The summed E-state index contributed by atoms with van der Waals surface area (Å²) in [7, 11) is 0. The zero-order chi connectivity index (χ0) is 9.14. The van der Waals surface area contributed by atoms with Crippen molar-refractivity contribution in [3.63, 3.8) is 0 Å². The van der Waals surface area contributed by atoms with Crippen molar-refractivity contribution in [1.29, 1.82) is 0 Å². The first-order valence-electron chi connectivity index (χ1n) is 4.84. The Bertz CT molecular complexity index is 209. The van der Waals surface area contributed by atoms with Crippen LogP contribution < -0.4 is 0 Å². The number of carbonyl (C=O) groups is 1. The molecular weight excluding hydrogens is 148 g/mol. The van der Waals surface area contributed by atoms with Crippen LogP contribution in [-0.4, -0.2) is 5.78 Å². The monoisotopic (exact) mass is 166 g/mol. The highest BCUT2D eigenvalue weighted by molar-refractivity contribution is 5.98. The Morgan fingerprint density at radius 1 is 1.42 bits per heavy atom. The summed E-state index contributed by atoms with van der Waals surface area (Å²) in [6.07, 6.45) is 4.25. The number of hydrogen-bond acceptors (Lipinski definition) is 1. The Morgan fingerprint density at radius 3 is 2.50 bits per heavy atom. The third-order valence-electron chi connectivity index (χ3n) is 2.60. The number of allylic oxidation sites excluding steroid dienone is 2. The molecule has 0 radical (unpaired) electrons. The van der Waals surface area contributed by atoms with Gasteiger partial charge in [0.25, 0.3) is 0 Å². The van der Waals surface area contributed by atoms with Gasteiger partial charge in [0.05, 0.1) is 0 Å². The molecule has 12 heavy (non-hydrogen) atoms. The molecule has 1 fully saturated rings. The fourth-order valence-electron chi connectivity index (χ4n) is 1.96. The molecule has 0 aromatic carbocycles. The largest absolute Gasteiger partial charge is 0.295 e. The molecule has 0 spiro atoms. The first kappa shape index (κ1) is 9.50. The molecule has 1 unspecified atom stereocenters. The quantitative estimate of drug-likeness (QED) is 0.576. The Balaban J connectivity index is 2.63. The van der Waals surface area contributed by atoms with Gasteiger partial charge in [0.1, 0.15) is 0 Å². The number of hydrogen-bond donors (Lipinski definition) is 0. The number of rotatable bonds is 2. The molecule has 0 aromatic heterocycles. The van der Waals surface area contributed by atoms with Gasteiger partial charge >= 0.3 is 0 Å². The van der Waals surface area contributed by atoms with Gasteiger partial charge in [-0.2, -0.15) is 0 Å². The number of Topliss-reactive ketones (excluding diaryl/α,β-unsaturated/α-hetero) is 1. The van der Waals surface area contributed by atoms with Gasteiger partial charge in [-0.3, -0.25) is 4.79 Å². The summed E-state index contributed by atoms with van der Waals surface area (Å²) in [5, 5.41) is 0. The van der Waals surface area contributed by atoms with Crippen LogP contribution in [0.2, 0.25) is 0 Å². The van der Waals surface area contributed by atoms with Crippen LogP contribution in [0, 0.1) is 5.92 Å². The van der Waals surface area contributed by atoms with Gasteiger partial charge in [0.2, 0.25) is 0 Å². The van der Waals surface area contributed by atoms with Gasteiger partial charge in [-0.05, 0) is 38.2 Å². The van der Waals surface area contributed by atoms with Gasteiger partial charge < -0.3 is 0 Å². The molecule has 1 saturated carbocycles. The standard InChI is InChI=1S/C11H18O/c1-4-5-9-6-10(8(2)3)11(12)7-9/h9H,4-7H2,1-3H3. The van der Waals surface area contributed by atoms with E-state index in [1.54, 1.807) is 0 Å². The lowest BCUT2D eigenvalue weighted by Crippen LogP contribution is -1.94. The first-order valence-corrected chi connectivity index (χ1v) is 4.84. The van der Waals surface area contributed by atoms with Crippen LogP contribution >= 0.6 is 0 Å². The normalized spacial score (nSPS) is 23.4. The third-order valence-corrected chi connectivity index (χ3v) is 2.60. The van der Waals surface area contributed by atoms with E-state index in [9.17, 15) is 4.79 Å². The Kier molecular flexibility index (Phi) is 3.07. The minimum atomic E-state index is 0.397. The minimum Gasteiger partial charge on any atom is -0.295 e. The summed E-state index contributed by atoms with van der Waals surface area (Å²) < 4.78 is 0. The summed E-state index contributed by atoms with van der Waals surface area (Å²) in [6, 6.07) is 0. The molecule has 1 nitrogen and oxygen atoms in total. The zero-order valence-electron chi connectivity index (χ0n) is 8.31. The van der Waals surface area contributed by atoms with Crippen LogP contribution in [0.1, 0.15) is 46.5 Å². The van der Waals surface area contributed by atoms with Crippen LogP contribution in [0.15, 0.2) is 11.1 Å². The van der Waals surface area contributed by atoms with E-state index in [1.165, 1.54) is 18.4 Å². The second-order valence-corrected chi connectivity index (χ2v) is 3.96. The highest BCUT2D eigenvalue weighted by atomic mass is 16.1. The number of ketones is 1. The molecule has 1 rings (SSSR count). The summed E-state index contributed by atoms with van der Waals surface area (Å²) in [5.41, 5.74) is 2.33. The van der Waals surface area contributed by atoms with Crippen LogP contribution in [0.3, 0.4) is 0 Å². The van der Waals surface area contributed by atoms with E-state index in [0.717, 1.165) is 18.4 Å². The third kappa shape index (κ3) is 1.96. The maximum atomic E-state index is 11.4. The Labute approximate surface area is 74.9 Å². The predicted molar refractivity (Wildman–Crippen MR) is 51.0 cm³/mol. The fourth-order valence-corrected chi connectivity index (χ4v) is 1.96. The smallest absolute Gasteiger partial charge is 0.159 e. The van der Waals surface area contributed by atoms with Crippen molar-refractivity contribution < 1.29 is 4.79 Å². The number of carbonyl (C=O) groups excluding carboxylic acids is 1. The SMILES string of the molecule is CCCC1CC(=O)C(=C(C)C)C1. The van der Waals surface area contributed by atoms with Crippen molar-refractivity contribution in [2.75, 3.05) is 0 Å². The summed E-state index contributed by atoms with van der Waals surface area (Å²) in [4.78, 5) is 11.4. The minimum absolute atomic E-state index is 0.397. The molecule has 1 heteroatoms. The lowest BCUT2D eigenvalue weighted by atomic mass is 10.0. The average Bonchev–Trinajstić information content (AvgIpc) is 2.32. The predicted octanol–water partition coefficient (Wildman–Crippen LogP) is 3.10. The molecule has 1 atom stereocenters. The van der Waals surface area contributed by atoms with Crippen molar-refractivity contribution in [2.24, 2.45) is 5.92 Å². The Morgan fingerprint density at radius 2 is 2.08 bits per heavy atom. The van der Waals surface area contributed by atoms with Crippen molar-refractivity contribution >= 4 is 5.78 Å². The molecule has 0 aliphatic heterocycles. The first-order chi connectivity index (χ1) is 5.65. The fraction of sp³-hybridized carbons (Fsp3) is 0.727. The van der Waals surface area contributed by atoms with E-state index in [1.807, 2.05) is 13.8 Å².